The SMILES string of the molecule is CC1(C)C(NC(=O)O)=N[C@](C)(c2nc(NC(=O)c3ncc(Cl)cc3Cl)ccc2F)[C@@H]2CCNS21O. The van der Waals surface area contributed by atoms with Gasteiger partial charge in [-0.1, -0.05) is 33.7 Å². The highest BCUT2D eigenvalue weighted by molar-refractivity contribution is 8.29. The van der Waals surface area contributed by atoms with E-state index in [1.807, 2.05) is 0 Å². The van der Waals surface area contributed by atoms with Gasteiger partial charge in [0, 0.05) is 12.7 Å². The van der Waals surface area contributed by atoms with Crippen LogP contribution in [-0.4, -0.2) is 54.0 Å². The number of nitrogens with one attached hydrogen (secondary N) is 3. The summed E-state index contributed by atoms with van der Waals surface area (Å²) in [5, 5.41) is 13.9. The highest BCUT2D eigenvalue weighted by Gasteiger charge is 2.62. The molecule has 5 N–H and O–H groups in total. The third-order valence-electron chi connectivity index (χ3n) is 6.27. The van der Waals surface area contributed by atoms with Gasteiger partial charge in [0.15, 0.2) is 0 Å². The molecule has 2 aromatic heterocycles. The molecule has 0 spiro atoms. The molecule has 4 rings (SSSR count). The van der Waals surface area contributed by atoms with Crippen molar-refractivity contribution >= 4 is 57.4 Å². The number of anilines is 1. The Bertz CT molecular complexity index is 1260. The number of aliphatic imine (C=N–C) groups is 1. The van der Waals surface area contributed by atoms with E-state index in [1.165, 1.54) is 18.3 Å². The number of nitrogens with zero attached hydrogens (tertiary/aromatic N) is 3. The molecule has 2 aliphatic heterocycles. The first-order valence-electron chi connectivity index (χ1n) is 10.5. The number of hydrogen-bond donors (Lipinski definition) is 5. The molecule has 0 saturated carbocycles. The summed E-state index contributed by atoms with van der Waals surface area (Å²) in [5.74, 6) is -1.42. The van der Waals surface area contributed by atoms with Crippen LogP contribution in [0.25, 0.3) is 0 Å². The lowest BCUT2D eigenvalue weighted by molar-refractivity contribution is 0.102. The Morgan fingerprint density at radius 3 is 2.63 bits per heavy atom. The minimum Gasteiger partial charge on any atom is -0.465 e. The zero-order valence-corrected chi connectivity index (χ0v) is 21.2. The number of hydrogen-bond acceptors (Lipinski definition) is 7. The Kier molecular flexibility index (Phi) is 6.47. The maximum Gasteiger partial charge on any atom is 0.410 e. The van der Waals surface area contributed by atoms with E-state index in [9.17, 15) is 19.2 Å². The highest BCUT2D eigenvalue weighted by atomic mass is 35.5. The number of carbonyl (C=O) groups excluding carboxylic acids is 1. The van der Waals surface area contributed by atoms with Crippen LogP contribution in [0.4, 0.5) is 15.0 Å². The third kappa shape index (κ3) is 4.23. The second kappa shape index (κ2) is 8.86. The maximum absolute atomic E-state index is 15.2. The van der Waals surface area contributed by atoms with Crippen LogP contribution < -0.4 is 15.4 Å². The van der Waals surface area contributed by atoms with Crippen molar-refractivity contribution in [2.75, 3.05) is 11.9 Å². The van der Waals surface area contributed by atoms with Crippen molar-refractivity contribution in [1.29, 1.82) is 0 Å². The fourth-order valence-corrected chi connectivity index (χ4v) is 8.31. The number of amides is 2. The van der Waals surface area contributed by atoms with Crippen LogP contribution in [0.1, 0.15) is 43.4 Å². The lowest BCUT2D eigenvalue weighted by atomic mass is 9.89. The molecule has 35 heavy (non-hydrogen) atoms. The average Bonchev–Trinajstić information content (AvgIpc) is 3.18. The van der Waals surface area contributed by atoms with E-state index in [2.05, 4.69) is 30.3 Å². The zero-order chi connectivity index (χ0) is 25.8. The van der Waals surface area contributed by atoms with Gasteiger partial charge in [0.1, 0.15) is 34.4 Å². The van der Waals surface area contributed by atoms with Gasteiger partial charge in [-0.2, -0.15) is 0 Å². The first-order chi connectivity index (χ1) is 16.3. The molecule has 2 aromatic rings. The molecule has 0 bridgehead atoms. The number of carboxylic acid groups (broad SMARTS) is 1. The Hall–Kier alpha value is -2.51. The van der Waals surface area contributed by atoms with Crippen molar-refractivity contribution in [3.8, 4) is 0 Å². The van der Waals surface area contributed by atoms with Crippen LogP contribution in [0.5, 0.6) is 0 Å². The van der Waals surface area contributed by atoms with E-state index < -0.39 is 43.8 Å². The second-order valence-corrected chi connectivity index (χ2v) is 12.8. The van der Waals surface area contributed by atoms with Gasteiger partial charge in [0.2, 0.25) is 0 Å². The molecule has 1 fully saturated rings. The van der Waals surface area contributed by atoms with Crippen molar-refractivity contribution < 1.29 is 23.6 Å². The summed E-state index contributed by atoms with van der Waals surface area (Å²) in [7, 11) is -2.72. The molecule has 10 nitrogen and oxygen atoms in total. The second-order valence-electron chi connectivity index (χ2n) is 8.81. The summed E-state index contributed by atoms with van der Waals surface area (Å²) in [6.45, 7) is 5.40. The molecule has 0 aliphatic carbocycles. The summed E-state index contributed by atoms with van der Waals surface area (Å²) >= 11 is 11.9. The predicted molar refractivity (Wildman–Crippen MR) is 133 cm³/mol. The van der Waals surface area contributed by atoms with Gasteiger partial charge < -0.3 is 15.0 Å². The normalized spacial score (nSPS) is 28.9. The molecule has 0 aromatic carbocycles. The quantitative estimate of drug-likeness (QED) is 0.384. The van der Waals surface area contributed by atoms with Gasteiger partial charge in [-0.05, 0) is 45.4 Å². The molecule has 2 aliphatic rings. The van der Waals surface area contributed by atoms with E-state index in [1.54, 1.807) is 20.8 Å². The van der Waals surface area contributed by atoms with Gasteiger partial charge in [-0.3, -0.25) is 19.8 Å². The number of fused-ring (bicyclic) bond motifs is 1. The topological polar surface area (TPSA) is 149 Å². The first-order valence-corrected chi connectivity index (χ1v) is 12.9. The first kappa shape index (κ1) is 25.6. The summed E-state index contributed by atoms with van der Waals surface area (Å²) in [6, 6.07) is 3.75. The Morgan fingerprint density at radius 1 is 1.26 bits per heavy atom. The van der Waals surface area contributed by atoms with Crippen LogP contribution in [0.3, 0.4) is 0 Å². The fraction of sp³-hybridized carbons (Fsp3) is 0.381. The number of amidine groups is 1. The van der Waals surface area contributed by atoms with E-state index in [-0.39, 0.29) is 33.1 Å². The molecule has 1 saturated heterocycles. The minimum absolute atomic E-state index is 0.00212. The van der Waals surface area contributed by atoms with E-state index in [0.29, 0.717) is 13.0 Å². The molecule has 188 valence electrons. The number of halogens is 3. The Morgan fingerprint density at radius 2 is 1.97 bits per heavy atom. The Balaban J connectivity index is 1.79. The van der Waals surface area contributed by atoms with Gasteiger partial charge in [0.25, 0.3) is 5.91 Å². The summed E-state index contributed by atoms with van der Waals surface area (Å²) in [4.78, 5) is 37.0. The number of pyridine rings is 2. The number of aromatic nitrogens is 2. The van der Waals surface area contributed by atoms with Crippen LogP contribution in [-0.2, 0) is 5.54 Å². The molecule has 3 atom stereocenters. The number of rotatable bonds is 3. The standard InChI is InChI=1S/C21H23Cl2FN6O4S/c1-20(2)18(29-19(32)33)30-21(3,13-6-7-26-35(13,20)34)16-12(24)4-5-14(27-16)28-17(31)15-11(23)8-10(22)9-25-15/h4-5,8-9,13,26,34H,6-7H2,1-3H3,(H,29,30)(H,32,33)(H,27,28,31)/t13-,21-/m0/s1. The molecular formula is C21H23Cl2FN6O4S. The maximum atomic E-state index is 15.2. The monoisotopic (exact) mass is 544 g/mol. The van der Waals surface area contributed by atoms with Crippen molar-refractivity contribution in [2.24, 2.45) is 4.99 Å². The molecular weight excluding hydrogens is 522 g/mol. The third-order valence-corrected chi connectivity index (χ3v) is 10.7. The van der Waals surface area contributed by atoms with Crippen molar-refractivity contribution in [3.05, 3.63) is 51.6 Å². The lowest BCUT2D eigenvalue weighted by Crippen LogP contribution is -2.59. The largest absolute Gasteiger partial charge is 0.465 e. The molecule has 2 amide bonds. The predicted octanol–water partition coefficient (Wildman–Crippen LogP) is 4.40. The van der Waals surface area contributed by atoms with Gasteiger partial charge in [-0.15, -0.1) is 0 Å². The van der Waals surface area contributed by atoms with Crippen LogP contribution >= 0.6 is 33.7 Å². The van der Waals surface area contributed by atoms with E-state index >= 15 is 4.39 Å². The summed E-state index contributed by atoms with van der Waals surface area (Å²) in [5.41, 5.74) is -1.69. The van der Waals surface area contributed by atoms with Crippen molar-refractivity contribution in [2.45, 2.75) is 42.7 Å². The lowest BCUT2D eigenvalue weighted by Gasteiger charge is -2.56. The molecule has 1 unspecified atom stereocenters. The molecule has 4 heterocycles. The molecule has 14 heteroatoms. The van der Waals surface area contributed by atoms with Gasteiger partial charge in [0.05, 0.1) is 20.0 Å². The smallest absolute Gasteiger partial charge is 0.410 e. The van der Waals surface area contributed by atoms with E-state index in [4.69, 9.17) is 23.2 Å². The van der Waals surface area contributed by atoms with Crippen LogP contribution in [0.2, 0.25) is 10.0 Å². The summed E-state index contributed by atoms with van der Waals surface area (Å²) in [6.07, 6.45) is 0.358. The van der Waals surface area contributed by atoms with Crippen LogP contribution in [0.15, 0.2) is 29.4 Å². The fourth-order valence-electron chi connectivity index (χ4n) is 4.46. The highest BCUT2D eigenvalue weighted by Crippen LogP contribution is 2.67. The van der Waals surface area contributed by atoms with Gasteiger partial charge in [-0.25, -0.2) is 19.2 Å². The van der Waals surface area contributed by atoms with Crippen molar-refractivity contribution in [3.63, 3.8) is 0 Å². The Labute approximate surface area is 212 Å². The number of carbonyl (C=O) groups is 2. The molecule has 0 radical (unpaired) electrons. The van der Waals surface area contributed by atoms with Gasteiger partial charge >= 0.3 is 6.09 Å². The average molecular weight is 545 g/mol. The van der Waals surface area contributed by atoms with Crippen LogP contribution in [0, 0.1) is 5.82 Å². The minimum atomic E-state index is -2.72. The zero-order valence-electron chi connectivity index (χ0n) is 18.9. The summed E-state index contributed by atoms with van der Waals surface area (Å²) < 4.78 is 29.0. The van der Waals surface area contributed by atoms with E-state index in [0.717, 1.165) is 6.07 Å². The van der Waals surface area contributed by atoms with Crippen molar-refractivity contribution in [1.82, 2.24) is 20.0 Å².